The predicted molar refractivity (Wildman–Crippen MR) is 128 cm³/mol. The van der Waals surface area contributed by atoms with Crippen molar-refractivity contribution in [3.63, 3.8) is 0 Å². The van der Waals surface area contributed by atoms with Gasteiger partial charge in [0, 0.05) is 12.8 Å². The Balaban J connectivity index is 1.04. The lowest BCUT2D eigenvalue weighted by Crippen LogP contribution is -2.32. The second-order valence-electron chi connectivity index (χ2n) is 11.8. The molecule has 0 aliphatic heterocycles. The van der Waals surface area contributed by atoms with E-state index in [1.54, 1.807) is 6.42 Å². The van der Waals surface area contributed by atoms with Crippen LogP contribution in [-0.2, 0) is 4.79 Å². The van der Waals surface area contributed by atoms with E-state index < -0.39 is 0 Å². The van der Waals surface area contributed by atoms with Crippen molar-refractivity contribution in [2.24, 2.45) is 35.5 Å². The highest BCUT2D eigenvalue weighted by molar-refractivity contribution is 5.78. The monoisotopic (exact) mass is 414 g/mol. The second kappa shape index (κ2) is 12.1. The summed E-state index contributed by atoms with van der Waals surface area (Å²) < 4.78 is 0. The molecule has 1 heteroatoms. The number of fused-ring (bicyclic) bond motifs is 2. The molecule has 4 rings (SSSR count). The molecule has 0 saturated heterocycles. The number of rotatable bonds is 10. The van der Waals surface area contributed by atoms with Gasteiger partial charge in [0.2, 0.25) is 0 Å². The third-order valence-electron chi connectivity index (χ3n) is 9.97. The van der Waals surface area contributed by atoms with Crippen LogP contribution in [0.4, 0.5) is 0 Å². The molecule has 0 amide bonds. The topological polar surface area (TPSA) is 17.1 Å². The molecule has 0 N–H and O–H groups in total. The molecule has 0 bridgehead atoms. The van der Waals surface area contributed by atoms with Gasteiger partial charge in [0.05, 0.1) is 0 Å². The van der Waals surface area contributed by atoms with E-state index in [2.05, 4.69) is 0 Å². The van der Waals surface area contributed by atoms with E-state index >= 15 is 0 Å². The van der Waals surface area contributed by atoms with Gasteiger partial charge in [0.25, 0.3) is 0 Å². The van der Waals surface area contributed by atoms with Crippen LogP contribution < -0.4 is 0 Å². The van der Waals surface area contributed by atoms with E-state index in [1.807, 2.05) is 0 Å². The Hall–Kier alpha value is -0.330. The summed E-state index contributed by atoms with van der Waals surface area (Å²) in [6.07, 6.45) is 30.6. The van der Waals surface area contributed by atoms with Crippen LogP contribution in [0.15, 0.2) is 0 Å². The molecule has 30 heavy (non-hydrogen) atoms. The van der Waals surface area contributed by atoms with Gasteiger partial charge in [-0.05, 0) is 61.2 Å². The summed E-state index contributed by atoms with van der Waals surface area (Å²) in [5, 5.41) is 0. The first-order valence-corrected chi connectivity index (χ1v) is 14.3. The number of hydrogen-bond donors (Lipinski definition) is 0. The Bertz CT molecular complexity index is 506. The molecule has 0 spiro atoms. The Morgan fingerprint density at radius 2 is 1.07 bits per heavy atom. The minimum atomic E-state index is 0.594. The Labute approximate surface area is 187 Å². The molecule has 0 aromatic heterocycles. The standard InChI is InChI=1S/C29H50O/c30-27(22-26-18-11-17-25-14-7-9-21-29(25)26)19-5-3-1-2-4-12-23-15-10-16-24-13-6-8-20-28(23)24/h23-26,28-29H,1-22H2. The molecule has 1 nitrogen and oxygen atoms in total. The van der Waals surface area contributed by atoms with Gasteiger partial charge in [-0.25, -0.2) is 0 Å². The summed E-state index contributed by atoms with van der Waals surface area (Å²) in [6.45, 7) is 0. The quantitative estimate of drug-likeness (QED) is 0.326. The van der Waals surface area contributed by atoms with Crippen molar-refractivity contribution in [2.75, 3.05) is 0 Å². The van der Waals surface area contributed by atoms with Gasteiger partial charge in [-0.3, -0.25) is 4.79 Å². The van der Waals surface area contributed by atoms with Gasteiger partial charge in [-0.15, -0.1) is 0 Å². The Morgan fingerprint density at radius 1 is 0.533 bits per heavy atom. The van der Waals surface area contributed by atoms with Crippen LogP contribution in [-0.4, -0.2) is 5.78 Å². The van der Waals surface area contributed by atoms with Crippen LogP contribution in [0.1, 0.15) is 141 Å². The number of carbonyl (C=O) groups excluding carboxylic acids is 1. The molecule has 0 radical (unpaired) electrons. The van der Waals surface area contributed by atoms with E-state index in [0.717, 1.165) is 54.8 Å². The highest BCUT2D eigenvalue weighted by atomic mass is 16.1. The van der Waals surface area contributed by atoms with E-state index in [9.17, 15) is 4.79 Å². The van der Waals surface area contributed by atoms with Crippen molar-refractivity contribution in [2.45, 2.75) is 141 Å². The van der Waals surface area contributed by atoms with Gasteiger partial charge >= 0.3 is 0 Å². The summed E-state index contributed by atoms with van der Waals surface area (Å²) >= 11 is 0. The van der Waals surface area contributed by atoms with E-state index in [-0.39, 0.29) is 0 Å². The average molecular weight is 415 g/mol. The highest BCUT2D eigenvalue weighted by Gasteiger charge is 2.36. The fourth-order valence-electron chi connectivity index (χ4n) is 8.41. The Morgan fingerprint density at radius 3 is 1.80 bits per heavy atom. The number of carbonyl (C=O) groups is 1. The summed E-state index contributed by atoms with van der Waals surface area (Å²) in [6, 6.07) is 0. The number of ketones is 1. The SMILES string of the molecule is O=C(CCCCCCCC1CCCC2CCCCC12)CC1CCCC2CCCCC21. The van der Waals surface area contributed by atoms with Crippen LogP contribution in [0.2, 0.25) is 0 Å². The fourth-order valence-corrected chi connectivity index (χ4v) is 8.41. The first-order chi connectivity index (χ1) is 14.8. The summed E-state index contributed by atoms with van der Waals surface area (Å²) in [5.41, 5.74) is 0. The lowest BCUT2D eigenvalue weighted by Gasteiger charge is -2.41. The van der Waals surface area contributed by atoms with Crippen LogP contribution >= 0.6 is 0 Å². The minimum absolute atomic E-state index is 0.594. The van der Waals surface area contributed by atoms with Gasteiger partial charge in [0.15, 0.2) is 0 Å². The molecular weight excluding hydrogens is 364 g/mol. The van der Waals surface area contributed by atoms with Crippen molar-refractivity contribution in [1.82, 2.24) is 0 Å². The lowest BCUT2D eigenvalue weighted by molar-refractivity contribution is -0.121. The highest BCUT2D eigenvalue weighted by Crippen LogP contribution is 2.46. The van der Waals surface area contributed by atoms with Crippen molar-refractivity contribution >= 4 is 5.78 Å². The largest absolute Gasteiger partial charge is 0.300 e. The maximum absolute atomic E-state index is 12.6. The van der Waals surface area contributed by atoms with Crippen LogP contribution in [0.5, 0.6) is 0 Å². The van der Waals surface area contributed by atoms with Crippen molar-refractivity contribution < 1.29 is 4.79 Å². The molecule has 6 atom stereocenters. The molecule has 172 valence electrons. The number of Topliss-reactive ketones (excluding diaryl/α,β-unsaturated/α-hetero) is 1. The first kappa shape index (κ1) is 22.8. The third-order valence-corrected chi connectivity index (χ3v) is 9.97. The predicted octanol–water partition coefficient (Wildman–Crippen LogP) is 8.89. The van der Waals surface area contributed by atoms with Crippen LogP contribution in [0.25, 0.3) is 0 Å². The van der Waals surface area contributed by atoms with Crippen LogP contribution in [0, 0.1) is 35.5 Å². The van der Waals surface area contributed by atoms with E-state index in [4.69, 9.17) is 0 Å². The molecular formula is C29H50O. The second-order valence-corrected chi connectivity index (χ2v) is 11.8. The van der Waals surface area contributed by atoms with Gasteiger partial charge in [0.1, 0.15) is 5.78 Å². The van der Waals surface area contributed by atoms with Crippen molar-refractivity contribution in [3.05, 3.63) is 0 Å². The molecule has 4 saturated carbocycles. The molecule has 0 aromatic rings. The van der Waals surface area contributed by atoms with E-state index in [0.29, 0.717) is 5.78 Å². The molecule has 4 aliphatic carbocycles. The summed E-state index contributed by atoms with van der Waals surface area (Å²) in [5.74, 6) is 6.46. The zero-order chi connectivity index (χ0) is 20.6. The first-order valence-electron chi connectivity index (χ1n) is 14.3. The minimum Gasteiger partial charge on any atom is -0.300 e. The fraction of sp³-hybridized carbons (Fsp3) is 0.966. The third kappa shape index (κ3) is 6.35. The van der Waals surface area contributed by atoms with E-state index in [1.165, 1.54) is 116 Å². The lowest BCUT2D eigenvalue weighted by atomic mass is 9.64. The molecule has 4 fully saturated rings. The molecule has 6 unspecified atom stereocenters. The zero-order valence-electron chi connectivity index (χ0n) is 19.9. The van der Waals surface area contributed by atoms with Crippen molar-refractivity contribution in [3.8, 4) is 0 Å². The van der Waals surface area contributed by atoms with Crippen molar-refractivity contribution in [1.29, 1.82) is 0 Å². The molecule has 0 heterocycles. The van der Waals surface area contributed by atoms with Gasteiger partial charge < -0.3 is 0 Å². The smallest absolute Gasteiger partial charge is 0.133 e. The summed E-state index contributed by atoms with van der Waals surface area (Å²) in [4.78, 5) is 12.6. The maximum atomic E-state index is 12.6. The molecule has 4 aliphatic rings. The van der Waals surface area contributed by atoms with Gasteiger partial charge in [-0.1, -0.05) is 103 Å². The maximum Gasteiger partial charge on any atom is 0.133 e. The average Bonchev–Trinajstić information content (AvgIpc) is 2.79. The normalized spacial score (nSPS) is 36.7. The summed E-state index contributed by atoms with van der Waals surface area (Å²) in [7, 11) is 0. The molecule has 0 aromatic carbocycles. The van der Waals surface area contributed by atoms with Crippen LogP contribution in [0.3, 0.4) is 0 Å². The number of unbranched alkanes of at least 4 members (excludes halogenated alkanes) is 4. The number of hydrogen-bond acceptors (Lipinski definition) is 1. The Kier molecular flexibility index (Phi) is 9.18. The zero-order valence-corrected chi connectivity index (χ0v) is 19.9. The van der Waals surface area contributed by atoms with Gasteiger partial charge in [-0.2, -0.15) is 0 Å².